The molecule has 2 saturated heterocycles. The molecule has 0 N–H and O–H groups in total. The molecule has 2 aliphatic heterocycles. The SMILES string of the molecule is c1ccc(CCCC2CCCC3(CCCCO3)O2)cc1. The molecule has 110 valence electrons. The quantitative estimate of drug-likeness (QED) is 0.806. The van der Waals surface area contributed by atoms with Gasteiger partial charge in [-0.3, -0.25) is 0 Å². The molecule has 2 heteroatoms. The van der Waals surface area contributed by atoms with Crippen molar-refractivity contribution in [3.63, 3.8) is 0 Å². The Bertz CT molecular complexity index is 390. The predicted molar refractivity (Wildman–Crippen MR) is 80.6 cm³/mol. The second-order valence-electron chi connectivity index (χ2n) is 6.23. The minimum absolute atomic E-state index is 0.214. The van der Waals surface area contributed by atoms with E-state index in [0.717, 1.165) is 25.9 Å². The van der Waals surface area contributed by atoms with Crippen molar-refractivity contribution < 1.29 is 9.47 Å². The lowest BCUT2D eigenvalue weighted by molar-refractivity contribution is -0.295. The highest BCUT2D eigenvalue weighted by Gasteiger charge is 2.39. The summed E-state index contributed by atoms with van der Waals surface area (Å²) in [4.78, 5) is 0. The average Bonchev–Trinajstić information content (AvgIpc) is 2.49. The van der Waals surface area contributed by atoms with Gasteiger partial charge < -0.3 is 9.47 Å². The normalized spacial score (nSPS) is 30.5. The van der Waals surface area contributed by atoms with Gasteiger partial charge in [0, 0.05) is 12.8 Å². The van der Waals surface area contributed by atoms with Crippen LogP contribution in [0.2, 0.25) is 0 Å². The van der Waals surface area contributed by atoms with Crippen molar-refractivity contribution in [2.45, 2.75) is 69.7 Å². The van der Waals surface area contributed by atoms with E-state index in [1.165, 1.54) is 44.1 Å². The third kappa shape index (κ3) is 3.62. The van der Waals surface area contributed by atoms with Gasteiger partial charge in [0.25, 0.3) is 0 Å². The second-order valence-corrected chi connectivity index (χ2v) is 6.23. The maximum atomic E-state index is 6.33. The van der Waals surface area contributed by atoms with Crippen LogP contribution in [0.15, 0.2) is 30.3 Å². The number of hydrogen-bond donors (Lipinski definition) is 0. The van der Waals surface area contributed by atoms with Crippen LogP contribution in [0.3, 0.4) is 0 Å². The summed E-state index contributed by atoms with van der Waals surface area (Å²) in [5.41, 5.74) is 1.44. The van der Waals surface area contributed by atoms with Crippen LogP contribution in [0.5, 0.6) is 0 Å². The Balaban J connectivity index is 1.45. The summed E-state index contributed by atoms with van der Waals surface area (Å²) < 4.78 is 12.3. The molecule has 2 fully saturated rings. The molecule has 0 aromatic heterocycles. The van der Waals surface area contributed by atoms with Crippen molar-refractivity contribution in [3.05, 3.63) is 35.9 Å². The first-order chi connectivity index (χ1) is 9.86. The molecule has 0 amide bonds. The zero-order chi connectivity index (χ0) is 13.7. The minimum atomic E-state index is -0.214. The maximum absolute atomic E-state index is 6.33. The molecule has 3 rings (SSSR count). The molecule has 2 unspecified atom stereocenters. The molecule has 0 radical (unpaired) electrons. The zero-order valence-electron chi connectivity index (χ0n) is 12.4. The van der Waals surface area contributed by atoms with Crippen LogP contribution in [0, 0.1) is 0 Å². The van der Waals surface area contributed by atoms with Crippen molar-refractivity contribution in [1.29, 1.82) is 0 Å². The molecule has 2 heterocycles. The summed E-state index contributed by atoms with van der Waals surface area (Å²) in [5, 5.41) is 0. The number of hydrogen-bond acceptors (Lipinski definition) is 2. The van der Waals surface area contributed by atoms with Crippen LogP contribution >= 0.6 is 0 Å². The summed E-state index contributed by atoms with van der Waals surface area (Å²) in [6.07, 6.45) is 11.1. The van der Waals surface area contributed by atoms with Crippen molar-refractivity contribution in [2.75, 3.05) is 6.61 Å². The van der Waals surface area contributed by atoms with E-state index >= 15 is 0 Å². The third-order valence-electron chi connectivity index (χ3n) is 4.62. The smallest absolute Gasteiger partial charge is 0.168 e. The van der Waals surface area contributed by atoms with Gasteiger partial charge in [-0.1, -0.05) is 30.3 Å². The molecule has 1 aromatic carbocycles. The summed E-state index contributed by atoms with van der Waals surface area (Å²) in [5.74, 6) is -0.214. The lowest BCUT2D eigenvalue weighted by atomic mass is 9.93. The fourth-order valence-corrected chi connectivity index (χ4v) is 3.52. The van der Waals surface area contributed by atoms with E-state index in [1.807, 2.05) is 0 Å². The minimum Gasteiger partial charge on any atom is -0.350 e. The summed E-state index contributed by atoms with van der Waals surface area (Å²) in [6, 6.07) is 10.8. The Kier molecular flexibility index (Phi) is 4.74. The van der Waals surface area contributed by atoms with E-state index in [2.05, 4.69) is 30.3 Å². The van der Waals surface area contributed by atoms with Gasteiger partial charge in [-0.2, -0.15) is 0 Å². The van der Waals surface area contributed by atoms with Crippen LogP contribution in [-0.4, -0.2) is 18.5 Å². The van der Waals surface area contributed by atoms with E-state index < -0.39 is 0 Å². The second kappa shape index (κ2) is 6.73. The van der Waals surface area contributed by atoms with Crippen LogP contribution in [-0.2, 0) is 15.9 Å². The lowest BCUT2D eigenvalue weighted by Gasteiger charge is -2.43. The molecule has 0 aliphatic carbocycles. The molecular weight excluding hydrogens is 248 g/mol. The molecule has 0 bridgehead atoms. The highest BCUT2D eigenvalue weighted by Crippen LogP contribution is 2.38. The molecule has 1 aromatic rings. The van der Waals surface area contributed by atoms with Gasteiger partial charge in [0.15, 0.2) is 5.79 Å². The fourth-order valence-electron chi connectivity index (χ4n) is 3.52. The number of aryl methyl sites for hydroxylation is 1. The topological polar surface area (TPSA) is 18.5 Å². The Morgan fingerprint density at radius 1 is 1.05 bits per heavy atom. The van der Waals surface area contributed by atoms with Gasteiger partial charge in [0.1, 0.15) is 0 Å². The molecule has 2 aliphatic rings. The summed E-state index contributed by atoms with van der Waals surface area (Å²) in [7, 11) is 0. The first kappa shape index (κ1) is 14.1. The fraction of sp³-hybridized carbons (Fsp3) is 0.667. The van der Waals surface area contributed by atoms with E-state index in [0.29, 0.717) is 6.10 Å². The zero-order valence-corrected chi connectivity index (χ0v) is 12.4. The molecule has 0 saturated carbocycles. The lowest BCUT2D eigenvalue weighted by Crippen LogP contribution is -2.45. The molecule has 2 atom stereocenters. The van der Waals surface area contributed by atoms with Crippen molar-refractivity contribution >= 4 is 0 Å². The Morgan fingerprint density at radius 3 is 2.70 bits per heavy atom. The first-order valence-electron chi connectivity index (χ1n) is 8.22. The van der Waals surface area contributed by atoms with Gasteiger partial charge in [0.2, 0.25) is 0 Å². The van der Waals surface area contributed by atoms with E-state index in [4.69, 9.17) is 9.47 Å². The van der Waals surface area contributed by atoms with Crippen LogP contribution in [0.1, 0.15) is 56.9 Å². The van der Waals surface area contributed by atoms with Gasteiger partial charge in [-0.05, 0) is 50.5 Å². The predicted octanol–water partition coefficient (Wildman–Crippen LogP) is 4.48. The van der Waals surface area contributed by atoms with Gasteiger partial charge in [0.05, 0.1) is 12.7 Å². The van der Waals surface area contributed by atoms with E-state index in [-0.39, 0.29) is 5.79 Å². The Hall–Kier alpha value is -0.860. The van der Waals surface area contributed by atoms with E-state index in [1.54, 1.807) is 0 Å². The van der Waals surface area contributed by atoms with E-state index in [9.17, 15) is 0 Å². The Morgan fingerprint density at radius 2 is 1.90 bits per heavy atom. The van der Waals surface area contributed by atoms with Crippen molar-refractivity contribution in [1.82, 2.24) is 0 Å². The number of benzene rings is 1. The van der Waals surface area contributed by atoms with Gasteiger partial charge in [-0.25, -0.2) is 0 Å². The van der Waals surface area contributed by atoms with Crippen LogP contribution in [0.4, 0.5) is 0 Å². The monoisotopic (exact) mass is 274 g/mol. The molecule has 2 nitrogen and oxygen atoms in total. The first-order valence-corrected chi connectivity index (χ1v) is 8.22. The van der Waals surface area contributed by atoms with Crippen LogP contribution in [0.25, 0.3) is 0 Å². The van der Waals surface area contributed by atoms with Gasteiger partial charge in [-0.15, -0.1) is 0 Å². The third-order valence-corrected chi connectivity index (χ3v) is 4.62. The van der Waals surface area contributed by atoms with Crippen molar-refractivity contribution in [3.8, 4) is 0 Å². The summed E-state index contributed by atoms with van der Waals surface area (Å²) >= 11 is 0. The average molecular weight is 274 g/mol. The van der Waals surface area contributed by atoms with Crippen molar-refractivity contribution in [2.24, 2.45) is 0 Å². The number of rotatable bonds is 4. The highest BCUT2D eigenvalue weighted by atomic mass is 16.7. The van der Waals surface area contributed by atoms with Gasteiger partial charge >= 0.3 is 0 Å². The molecule has 1 spiro atoms. The standard InChI is InChI=1S/C18H26O2/c1-2-8-16(9-3-1)10-6-11-17-12-7-14-18(20-17)13-4-5-15-19-18/h1-3,8-9,17H,4-7,10-15H2. The summed E-state index contributed by atoms with van der Waals surface area (Å²) in [6.45, 7) is 0.886. The molecular formula is C18H26O2. The Labute approximate surface area is 122 Å². The highest BCUT2D eigenvalue weighted by molar-refractivity contribution is 5.14. The largest absolute Gasteiger partial charge is 0.350 e. The van der Waals surface area contributed by atoms with Crippen LogP contribution < -0.4 is 0 Å². The molecule has 20 heavy (non-hydrogen) atoms. The maximum Gasteiger partial charge on any atom is 0.168 e. The number of ether oxygens (including phenoxy) is 2.